The minimum atomic E-state index is -0.396. The lowest BCUT2D eigenvalue weighted by Gasteiger charge is -2.32. The van der Waals surface area contributed by atoms with Crippen molar-refractivity contribution >= 4 is 196 Å². The summed E-state index contributed by atoms with van der Waals surface area (Å²) in [6.07, 6.45) is 36.4. The second kappa shape index (κ2) is 39.5. The van der Waals surface area contributed by atoms with Gasteiger partial charge in [-0.25, -0.2) is 49.8 Å². The molecule has 1 saturated heterocycles. The third-order valence-electron chi connectivity index (χ3n) is 16.7. The lowest BCUT2D eigenvalue weighted by molar-refractivity contribution is -0.105. The van der Waals surface area contributed by atoms with E-state index in [1.807, 2.05) is 174 Å². The average Bonchev–Trinajstić information content (AvgIpc) is 1.64. The molecule has 0 spiro atoms. The SMILES string of the molecule is Brc1cnc2nccn2c1.CC1(C)OB(c2ccc3oc(N)nc3c2)OC1(C)C.CCO.Nc1nc2cc(-c3cnc4ncc(-c5ccncc5)n4c3)ccc2o1.Nc1nc2cc(-c3cnc4ncc(I)n4c3)ccc2o1.Nc1nc2cc(-c3cnc4nccn4c3)ccc2o1.Nc1ncc(Br)cn1.O.O.O=CCCl.[B]c1ccncc1. The summed E-state index contributed by atoms with van der Waals surface area (Å²) in [5.74, 6) is 3.14. The van der Waals surface area contributed by atoms with E-state index in [1.165, 1.54) is 0 Å². The Labute approximate surface area is 701 Å². The van der Waals surface area contributed by atoms with E-state index in [-0.39, 0.29) is 58.7 Å². The molecule has 35 nitrogen and oxygen atoms in total. The first-order valence-electron chi connectivity index (χ1n) is 34.4. The van der Waals surface area contributed by atoms with E-state index in [1.54, 1.807) is 99.6 Å². The number of aliphatic hydroxyl groups excluding tert-OH is 1. The highest BCUT2D eigenvalue weighted by molar-refractivity contribution is 14.1. The van der Waals surface area contributed by atoms with Gasteiger partial charge in [-0.15, -0.1) is 11.6 Å². The molecule has 0 aliphatic carbocycles. The Balaban J connectivity index is 0.000000146. The maximum absolute atomic E-state index is 9.04. The van der Waals surface area contributed by atoms with Gasteiger partial charge in [0.25, 0.3) is 24.1 Å². The van der Waals surface area contributed by atoms with Gasteiger partial charge in [-0.2, -0.15) is 19.9 Å². The molecule has 16 heterocycles. The predicted molar refractivity (Wildman–Crippen MR) is 463 cm³/mol. The van der Waals surface area contributed by atoms with Crippen molar-refractivity contribution < 1.29 is 47.8 Å². The fourth-order valence-corrected chi connectivity index (χ4v) is 11.7. The number of nitrogen functional groups attached to an aromatic ring is 5. The molecule has 117 heavy (non-hydrogen) atoms. The van der Waals surface area contributed by atoms with Crippen LogP contribution in [0.25, 0.3) is 112 Å². The Morgan fingerprint density at radius 2 is 0.863 bits per heavy atom. The summed E-state index contributed by atoms with van der Waals surface area (Å²) in [5, 5.41) is 7.57. The van der Waals surface area contributed by atoms with E-state index >= 15 is 0 Å². The number of aliphatic hydroxyl groups is 1. The zero-order chi connectivity index (χ0) is 81.3. The van der Waals surface area contributed by atoms with Crippen LogP contribution in [0.1, 0.15) is 34.6 Å². The number of aldehydes is 1. The molecule has 20 rings (SSSR count). The third kappa shape index (κ3) is 22.0. The van der Waals surface area contributed by atoms with Crippen molar-refractivity contribution in [2.75, 3.05) is 41.2 Å². The highest BCUT2D eigenvalue weighted by atomic mass is 127. The number of carbonyl (C=O) groups is 1. The molecule has 1 aliphatic rings. The van der Waals surface area contributed by atoms with Crippen LogP contribution in [0.4, 0.5) is 30.0 Å². The molecular weight excluding hydrogens is 1770 g/mol. The number of alkyl halides is 1. The molecule has 2 radical (unpaired) electrons. The third-order valence-corrected chi connectivity index (χ3v) is 18.4. The number of aromatic nitrogens is 20. The summed E-state index contributed by atoms with van der Waals surface area (Å²) < 4.78 is 43.5. The number of pyridine rings is 2. The number of nitrogens with two attached hydrogens (primary N) is 5. The second-order valence-corrected chi connectivity index (χ2v) is 28.4. The maximum atomic E-state index is 9.04. The van der Waals surface area contributed by atoms with Gasteiger partial charge in [0.1, 0.15) is 39.9 Å². The largest absolute Gasteiger partial charge is 0.494 e. The lowest BCUT2D eigenvalue weighted by Crippen LogP contribution is -2.41. The quantitative estimate of drug-likeness (QED) is 0.0390. The second-order valence-electron chi connectivity index (χ2n) is 25.1. The van der Waals surface area contributed by atoms with E-state index < -0.39 is 7.12 Å². The van der Waals surface area contributed by atoms with Crippen LogP contribution >= 0.6 is 66.1 Å². The summed E-state index contributed by atoms with van der Waals surface area (Å²) >= 11 is 13.5. The number of oxazole rings is 4. The Hall–Kier alpha value is -12.8. The van der Waals surface area contributed by atoms with E-state index in [0.717, 1.165) is 90.5 Å². The van der Waals surface area contributed by atoms with Gasteiger partial charge in [-0.3, -0.25) is 27.6 Å². The Bertz CT molecular complexity index is 6440. The number of imidazole rings is 4. The maximum Gasteiger partial charge on any atom is 0.494 e. The zero-order valence-electron chi connectivity index (χ0n) is 62.6. The fraction of sp³-hybridized carbons (Fsp3) is 0.118. The van der Waals surface area contributed by atoms with E-state index in [2.05, 4.69) is 134 Å². The Morgan fingerprint density at radius 1 is 0.479 bits per heavy atom. The van der Waals surface area contributed by atoms with Crippen LogP contribution in [0, 0.1) is 3.70 Å². The van der Waals surface area contributed by atoms with Gasteiger partial charge in [0.15, 0.2) is 22.3 Å². The van der Waals surface area contributed by atoms with Gasteiger partial charge < -0.3 is 76.5 Å². The molecule has 0 bridgehead atoms. The van der Waals surface area contributed by atoms with Crippen LogP contribution in [0.5, 0.6) is 0 Å². The van der Waals surface area contributed by atoms with Gasteiger partial charge in [0.2, 0.25) is 29.1 Å². The van der Waals surface area contributed by atoms with Crippen LogP contribution in [0.3, 0.4) is 0 Å². The Morgan fingerprint density at radius 3 is 1.32 bits per heavy atom. The van der Waals surface area contributed by atoms with Crippen LogP contribution in [-0.2, 0) is 14.1 Å². The van der Waals surface area contributed by atoms with Crippen LogP contribution < -0.4 is 39.6 Å². The van der Waals surface area contributed by atoms with Crippen molar-refractivity contribution in [1.82, 2.24) is 97.3 Å². The summed E-state index contributed by atoms with van der Waals surface area (Å²) in [4.78, 5) is 74.6. The minimum Gasteiger partial charge on any atom is -0.424 e. The first-order valence-corrected chi connectivity index (χ1v) is 37.6. The number of carbonyl (C=O) groups excluding carboxylic acids is 1. The number of hydrogen-bond donors (Lipinski definition) is 6. The fourth-order valence-electron chi connectivity index (χ4n) is 10.7. The number of rotatable bonds is 6. The molecule has 594 valence electrons. The zero-order valence-corrected chi connectivity index (χ0v) is 68.7. The molecule has 15 N–H and O–H groups in total. The van der Waals surface area contributed by atoms with Gasteiger partial charge in [-0.1, -0.05) is 41.9 Å². The molecule has 19 aromatic rings. The van der Waals surface area contributed by atoms with Crippen molar-refractivity contribution in [2.24, 2.45) is 0 Å². The summed E-state index contributed by atoms with van der Waals surface area (Å²) in [6, 6.07) is 30.9. The number of fused-ring (bicyclic) bond motifs is 8. The predicted octanol–water partition coefficient (Wildman–Crippen LogP) is 10.7. The van der Waals surface area contributed by atoms with Gasteiger partial charge in [-0.05, 0) is 172 Å². The Kier molecular flexibility index (Phi) is 29.2. The number of anilines is 5. The van der Waals surface area contributed by atoms with Gasteiger partial charge >= 0.3 is 7.12 Å². The number of nitrogens with zero attached hydrogens (tertiary/aromatic N) is 20. The highest BCUT2D eigenvalue weighted by Gasteiger charge is 2.51. The standard InChI is InChI=1S/C18H12N6O.C13H17BN2O3.C13H8IN5O.C13H9N5O.C6H4BrN3.C5H4BN.C4H4BrN3.C2H3ClO.C2H6O.2H2O/c19-17-23-14-7-12(1-2-16(14)25-17)13-8-21-18-22-9-15(24(18)10-13)11-3-5-20-6-4-11;1-12(2)13(3,4)19-14(18-12)8-5-6-10-9(7-8)16-11(15)17-10;14-11-5-17-13-16-4-8(6-19(11)13)7-1-2-10-9(3-7)18-12(15)20-10;14-12-17-10-5-8(1-2-11(10)19-12)9-6-16-13-15-3-4-18(13)7-9;7-5-3-9-6-8-1-2-10(6)4-5;6-5-1-3-7-4-2-5;5-3-1-7-4(6)8-2-3;3-1-2-4;1-2-3;;/h1-10H,(H2,19,23);5-7H,1-4H3,(H2,15,16);1-6H,(H2,15,18);1-7H,(H2,14,17);1-4H;1-4H;1-2H,(H2,6,7,8);2H,1H2;3H,2H2,1H3;2*1H2. The van der Waals surface area contributed by atoms with Crippen molar-refractivity contribution in [2.45, 2.75) is 45.8 Å². The molecule has 0 amide bonds. The van der Waals surface area contributed by atoms with Crippen LogP contribution in [0.2, 0.25) is 0 Å². The van der Waals surface area contributed by atoms with Crippen molar-refractivity contribution in [1.29, 1.82) is 0 Å². The summed E-state index contributed by atoms with van der Waals surface area (Å²) in [5.41, 5.74) is 41.9. The molecule has 1 aliphatic heterocycles. The van der Waals surface area contributed by atoms with Crippen molar-refractivity contribution in [3.63, 3.8) is 0 Å². The lowest BCUT2D eigenvalue weighted by atomic mass is 9.79. The van der Waals surface area contributed by atoms with Gasteiger partial charge in [0.05, 0.1) is 44.1 Å². The van der Waals surface area contributed by atoms with E-state index in [0.29, 0.717) is 57.4 Å². The first-order chi connectivity index (χ1) is 55.4. The normalized spacial score (nSPS) is 12.1. The molecule has 41 heteroatoms. The molecule has 0 unspecified atom stereocenters. The smallest absolute Gasteiger partial charge is 0.424 e. The molecule has 15 aromatic heterocycles. The summed E-state index contributed by atoms with van der Waals surface area (Å²) in [7, 11) is 4.92. The molecule has 0 atom stereocenters. The van der Waals surface area contributed by atoms with Crippen LogP contribution in [-0.4, -0.2) is 158 Å². The van der Waals surface area contributed by atoms with Gasteiger partial charge in [0, 0.05) is 140 Å². The number of halogens is 4. The summed E-state index contributed by atoms with van der Waals surface area (Å²) in [6.45, 7) is 10.0. The van der Waals surface area contributed by atoms with E-state index in [4.69, 9.17) is 85.0 Å². The number of hydrogen-bond acceptors (Lipinski definition) is 29. The average molecular weight is 1840 g/mol. The topological polar surface area (TPSA) is 525 Å². The first kappa shape index (κ1) is 86.6. The van der Waals surface area contributed by atoms with Crippen molar-refractivity contribution in [3.8, 4) is 44.6 Å². The molecular formula is C76H71B2Br2ClIN25O10. The molecule has 4 aromatic carbocycles. The van der Waals surface area contributed by atoms with E-state index in [9.17, 15) is 0 Å². The highest BCUT2D eigenvalue weighted by Crippen LogP contribution is 2.37. The van der Waals surface area contributed by atoms with Crippen molar-refractivity contribution in [3.05, 3.63) is 234 Å². The monoisotopic (exact) mass is 1840 g/mol. The molecule has 0 saturated carbocycles. The minimum absolute atomic E-state index is 0. The molecule has 1 fully saturated rings. The van der Waals surface area contributed by atoms with Crippen LogP contribution in [0.15, 0.2) is 248 Å². The number of benzene rings is 4.